The molecule has 2 rings (SSSR count). The molecule has 0 radical (unpaired) electrons. The molecule has 1 unspecified atom stereocenters. The second-order valence-electron chi connectivity index (χ2n) is 7.04. The van der Waals surface area contributed by atoms with Crippen molar-refractivity contribution in [3.8, 4) is 0 Å². The summed E-state index contributed by atoms with van der Waals surface area (Å²) in [6.45, 7) is 7.46. The zero-order valence-corrected chi connectivity index (χ0v) is 14.2. The Hall–Kier alpha value is -1.59. The van der Waals surface area contributed by atoms with Gasteiger partial charge in [0, 0.05) is 19.0 Å². The van der Waals surface area contributed by atoms with Crippen LogP contribution in [0.5, 0.6) is 0 Å². The van der Waals surface area contributed by atoms with E-state index in [2.05, 4.69) is 0 Å². The fourth-order valence-corrected chi connectivity index (χ4v) is 2.60. The van der Waals surface area contributed by atoms with Gasteiger partial charge in [0.2, 0.25) is 0 Å². The maximum absolute atomic E-state index is 12.0. The van der Waals surface area contributed by atoms with Gasteiger partial charge in [-0.2, -0.15) is 0 Å². The van der Waals surface area contributed by atoms with Crippen molar-refractivity contribution in [2.24, 2.45) is 5.92 Å². The van der Waals surface area contributed by atoms with Crippen LogP contribution in [-0.2, 0) is 16.1 Å². The fraction of sp³-hybridized carbons (Fsp3) is 0.611. The van der Waals surface area contributed by atoms with Gasteiger partial charge >= 0.3 is 6.09 Å². The Kier molecular flexibility index (Phi) is 6.02. The van der Waals surface area contributed by atoms with Crippen LogP contribution in [0, 0.1) is 5.92 Å². The van der Waals surface area contributed by atoms with E-state index >= 15 is 0 Å². The van der Waals surface area contributed by atoms with Crippen LogP contribution in [0.1, 0.15) is 32.8 Å². The van der Waals surface area contributed by atoms with Gasteiger partial charge in [-0.3, -0.25) is 0 Å². The normalized spacial score (nSPS) is 19.7. The van der Waals surface area contributed by atoms with Crippen molar-refractivity contribution in [2.45, 2.75) is 45.5 Å². The molecule has 5 nitrogen and oxygen atoms in total. The molecule has 23 heavy (non-hydrogen) atoms. The Balaban J connectivity index is 1.72. The number of hydrogen-bond acceptors (Lipinski definition) is 4. The number of benzene rings is 1. The Bertz CT molecular complexity index is 497. The van der Waals surface area contributed by atoms with Gasteiger partial charge in [0.25, 0.3) is 0 Å². The molecule has 0 aliphatic carbocycles. The number of carbonyl (C=O) groups excluding carboxylic acids is 1. The van der Waals surface area contributed by atoms with E-state index in [-0.39, 0.29) is 18.6 Å². The Morgan fingerprint density at radius 3 is 2.70 bits per heavy atom. The van der Waals surface area contributed by atoms with Gasteiger partial charge in [0.15, 0.2) is 0 Å². The van der Waals surface area contributed by atoms with Gasteiger partial charge in [-0.05, 0) is 32.8 Å². The zero-order chi connectivity index (χ0) is 16.9. The molecule has 1 aromatic rings. The summed E-state index contributed by atoms with van der Waals surface area (Å²) < 4.78 is 10.9. The maximum Gasteiger partial charge on any atom is 0.410 e. The van der Waals surface area contributed by atoms with Gasteiger partial charge < -0.3 is 19.5 Å². The van der Waals surface area contributed by atoms with Crippen LogP contribution >= 0.6 is 0 Å². The van der Waals surface area contributed by atoms with E-state index in [1.165, 1.54) is 0 Å². The molecular weight excluding hydrogens is 294 g/mol. The topological polar surface area (TPSA) is 59.0 Å². The predicted octanol–water partition coefficient (Wildman–Crippen LogP) is 2.82. The van der Waals surface area contributed by atoms with E-state index in [9.17, 15) is 9.90 Å². The Labute approximate surface area is 138 Å². The average Bonchev–Trinajstić information content (AvgIpc) is 2.96. The summed E-state index contributed by atoms with van der Waals surface area (Å²) in [4.78, 5) is 13.7. The van der Waals surface area contributed by atoms with E-state index in [1.54, 1.807) is 4.90 Å². The second kappa shape index (κ2) is 7.79. The van der Waals surface area contributed by atoms with Gasteiger partial charge in [-0.15, -0.1) is 0 Å². The summed E-state index contributed by atoms with van der Waals surface area (Å²) in [7, 11) is 0. The minimum absolute atomic E-state index is 0.0401. The number of aliphatic hydroxyl groups excluding tert-OH is 1. The lowest BCUT2D eigenvalue weighted by atomic mass is 10.0. The van der Waals surface area contributed by atoms with Gasteiger partial charge in [-0.25, -0.2) is 4.79 Å². The minimum atomic E-state index is -0.564. The van der Waals surface area contributed by atoms with Crippen molar-refractivity contribution in [2.75, 3.05) is 19.7 Å². The lowest BCUT2D eigenvalue weighted by molar-refractivity contribution is -0.00237. The van der Waals surface area contributed by atoms with Crippen LogP contribution in [0.4, 0.5) is 4.79 Å². The molecule has 1 fully saturated rings. The monoisotopic (exact) mass is 321 g/mol. The van der Waals surface area contributed by atoms with Crippen molar-refractivity contribution < 1.29 is 19.4 Å². The van der Waals surface area contributed by atoms with Gasteiger partial charge in [-0.1, -0.05) is 30.3 Å². The molecular formula is C18H27NO4. The summed E-state index contributed by atoms with van der Waals surface area (Å²) in [5.74, 6) is 0.0401. The first kappa shape index (κ1) is 17.8. The molecule has 1 aromatic carbocycles. The van der Waals surface area contributed by atoms with Crippen molar-refractivity contribution in [1.82, 2.24) is 4.90 Å². The van der Waals surface area contributed by atoms with E-state index in [0.717, 1.165) is 12.0 Å². The first-order valence-corrected chi connectivity index (χ1v) is 8.13. The summed E-state index contributed by atoms with van der Waals surface area (Å²) in [6.07, 6.45) is -0.0988. The molecule has 1 heterocycles. The number of nitrogens with zero attached hydrogens (tertiary/aromatic N) is 1. The molecule has 0 bridgehead atoms. The van der Waals surface area contributed by atoms with Crippen LogP contribution in [0.2, 0.25) is 0 Å². The summed E-state index contributed by atoms with van der Waals surface area (Å²) in [5, 5.41) is 10.3. The number of likely N-dealkylation sites (tertiary alicyclic amines) is 1. The highest BCUT2D eigenvalue weighted by Crippen LogP contribution is 2.22. The highest BCUT2D eigenvalue weighted by atomic mass is 16.6. The van der Waals surface area contributed by atoms with Crippen LogP contribution in [0.3, 0.4) is 0 Å². The van der Waals surface area contributed by atoms with Gasteiger partial charge in [0.1, 0.15) is 5.60 Å². The molecule has 5 heteroatoms. The first-order chi connectivity index (χ1) is 10.8. The third kappa shape index (κ3) is 5.84. The lowest BCUT2D eigenvalue weighted by Gasteiger charge is -2.25. The Morgan fingerprint density at radius 1 is 1.35 bits per heavy atom. The quantitative estimate of drug-likeness (QED) is 0.906. The third-order valence-corrected chi connectivity index (χ3v) is 3.82. The fourth-order valence-electron chi connectivity index (χ4n) is 2.60. The molecule has 1 amide bonds. The SMILES string of the molecule is CC(C)(C)OC(=O)N1CCC([C@H](O)COCc2ccccc2)C1. The van der Waals surface area contributed by atoms with Crippen molar-refractivity contribution in [1.29, 1.82) is 0 Å². The number of ether oxygens (including phenoxy) is 2. The smallest absolute Gasteiger partial charge is 0.410 e. The predicted molar refractivity (Wildman–Crippen MR) is 88.0 cm³/mol. The minimum Gasteiger partial charge on any atom is -0.444 e. The zero-order valence-electron chi connectivity index (χ0n) is 14.2. The highest BCUT2D eigenvalue weighted by Gasteiger charge is 2.33. The molecule has 0 aromatic heterocycles. The molecule has 0 spiro atoms. The molecule has 1 aliphatic heterocycles. The molecule has 128 valence electrons. The second-order valence-corrected chi connectivity index (χ2v) is 7.04. The number of carbonyl (C=O) groups is 1. The summed E-state index contributed by atoms with van der Waals surface area (Å²) in [6, 6.07) is 9.87. The average molecular weight is 321 g/mol. The largest absolute Gasteiger partial charge is 0.444 e. The maximum atomic E-state index is 12.0. The van der Waals surface area contributed by atoms with E-state index < -0.39 is 11.7 Å². The number of rotatable bonds is 5. The van der Waals surface area contributed by atoms with Gasteiger partial charge in [0.05, 0.1) is 19.3 Å². The first-order valence-electron chi connectivity index (χ1n) is 8.13. The van der Waals surface area contributed by atoms with Crippen molar-refractivity contribution in [3.05, 3.63) is 35.9 Å². The van der Waals surface area contributed by atoms with Crippen LogP contribution in [0.15, 0.2) is 30.3 Å². The molecule has 1 saturated heterocycles. The van der Waals surface area contributed by atoms with E-state index in [4.69, 9.17) is 9.47 Å². The third-order valence-electron chi connectivity index (χ3n) is 3.82. The van der Waals surface area contributed by atoms with Crippen LogP contribution < -0.4 is 0 Å². The van der Waals surface area contributed by atoms with Crippen LogP contribution in [-0.4, -0.2) is 47.5 Å². The summed E-state index contributed by atoms with van der Waals surface area (Å²) in [5.41, 5.74) is 0.591. The molecule has 1 aliphatic rings. The van der Waals surface area contributed by atoms with Crippen molar-refractivity contribution in [3.63, 3.8) is 0 Å². The summed E-state index contributed by atoms with van der Waals surface area (Å²) >= 11 is 0. The van der Waals surface area contributed by atoms with Crippen molar-refractivity contribution >= 4 is 6.09 Å². The molecule has 2 atom stereocenters. The van der Waals surface area contributed by atoms with E-state index in [0.29, 0.717) is 19.7 Å². The standard InChI is InChI=1S/C18H27NO4/c1-18(2,3)23-17(21)19-10-9-15(11-19)16(20)13-22-12-14-7-5-4-6-8-14/h4-8,15-16,20H,9-13H2,1-3H3/t15?,16-/m1/s1. The Morgan fingerprint density at radius 2 is 2.04 bits per heavy atom. The molecule has 0 saturated carbocycles. The number of amides is 1. The van der Waals surface area contributed by atoms with Crippen LogP contribution in [0.25, 0.3) is 0 Å². The molecule has 1 N–H and O–H groups in total. The van der Waals surface area contributed by atoms with E-state index in [1.807, 2.05) is 51.1 Å². The number of aliphatic hydroxyl groups is 1. The number of hydrogen-bond donors (Lipinski definition) is 1. The highest BCUT2D eigenvalue weighted by molar-refractivity contribution is 5.68. The lowest BCUT2D eigenvalue weighted by Crippen LogP contribution is -2.36.